The van der Waals surface area contributed by atoms with Crippen LogP contribution in [0, 0.1) is 0 Å². The predicted molar refractivity (Wildman–Crippen MR) is 239 cm³/mol. The van der Waals surface area contributed by atoms with Gasteiger partial charge in [-0.15, -0.1) is 22.7 Å². The molecule has 0 saturated heterocycles. The minimum atomic E-state index is 1.23. The van der Waals surface area contributed by atoms with Gasteiger partial charge in [-0.05, 0) is 119 Å². The van der Waals surface area contributed by atoms with E-state index in [-0.39, 0.29) is 0 Å². The van der Waals surface area contributed by atoms with E-state index in [9.17, 15) is 0 Å². The largest absolute Gasteiger partial charge is 0.135 e. The molecule has 0 fully saturated rings. The zero-order valence-electron chi connectivity index (χ0n) is 29.1. The summed E-state index contributed by atoms with van der Waals surface area (Å²) in [6.45, 7) is 0. The maximum absolute atomic E-state index is 2.44. The van der Waals surface area contributed by atoms with Crippen molar-refractivity contribution in [3.8, 4) is 33.4 Å². The third-order valence-electron chi connectivity index (χ3n) is 11.4. The molecule has 0 aliphatic rings. The quantitative estimate of drug-likeness (QED) is 0.160. The molecule has 2 heterocycles. The van der Waals surface area contributed by atoms with Crippen LogP contribution in [0.4, 0.5) is 0 Å². The maximum Gasteiger partial charge on any atom is 0.0362 e. The Labute approximate surface area is 319 Å². The molecule has 0 aliphatic carbocycles. The molecule has 12 aromatic rings. The van der Waals surface area contributed by atoms with Gasteiger partial charge in [-0.1, -0.05) is 140 Å². The summed E-state index contributed by atoms with van der Waals surface area (Å²) >= 11 is 3.79. The molecule has 12 rings (SSSR count). The normalized spacial score (nSPS) is 12.1. The number of hydrogen-bond donors (Lipinski definition) is 0. The smallest absolute Gasteiger partial charge is 0.0362 e. The highest BCUT2D eigenvalue weighted by molar-refractivity contribution is 7.26. The number of fused-ring (bicyclic) bond motifs is 11. The first-order valence-corrected chi connectivity index (χ1v) is 20.1. The molecule has 0 spiro atoms. The first-order valence-electron chi connectivity index (χ1n) is 18.5. The van der Waals surface area contributed by atoms with Gasteiger partial charge in [0.1, 0.15) is 0 Å². The van der Waals surface area contributed by atoms with E-state index in [0.29, 0.717) is 0 Å². The lowest BCUT2D eigenvalue weighted by molar-refractivity contribution is 1.63. The van der Waals surface area contributed by atoms with Crippen molar-refractivity contribution in [2.45, 2.75) is 0 Å². The van der Waals surface area contributed by atoms with Gasteiger partial charge < -0.3 is 0 Å². The summed E-state index contributed by atoms with van der Waals surface area (Å²) in [5.41, 5.74) is 7.56. The van der Waals surface area contributed by atoms with E-state index in [1.165, 1.54) is 117 Å². The molecule has 2 aromatic heterocycles. The second-order valence-corrected chi connectivity index (χ2v) is 16.5. The molecule has 0 nitrogen and oxygen atoms in total. The summed E-state index contributed by atoms with van der Waals surface area (Å²) in [4.78, 5) is 0. The van der Waals surface area contributed by atoms with Crippen molar-refractivity contribution >= 4 is 106 Å². The van der Waals surface area contributed by atoms with Crippen LogP contribution in [0.25, 0.3) is 117 Å². The first kappa shape index (κ1) is 30.2. The Hall–Kier alpha value is -6.32. The van der Waals surface area contributed by atoms with Gasteiger partial charge in [-0.25, -0.2) is 0 Å². The molecule has 2 heteroatoms. The molecule has 0 N–H and O–H groups in total. The lowest BCUT2D eigenvalue weighted by atomic mass is 9.84. The SMILES string of the molecule is c1cc(-c2ccc3sc4ccc5cc6c(cc5c4c3c2)sc2ccccc26)cc(-c2c3ccccc3c(-c3cccc4ccccc34)c3ccccc23)c1. The molecule has 0 aliphatic heterocycles. The lowest BCUT2D eigenvalue weighted by Crippen LogP contribution is -1.92. The summed E-state index contributed by atoms with van der Waals surface area (Å²) in [5, 5.41) is 15.7. The summed E-state index contributed by atoms with van der Waals surface area (Å²) in [5.74, 6) is 0. The van der Waals surface area contributed by atoms with Crippen LogP contribution in [-0.2, 0) is 0 Å². The Kier molecular flexibility index (Phi) is 6.48. The molecule has 0 unspecified atom stereocenters. The van der Waals surface area contributed by atoms with Crippen LogP contribution >= 0.6 is 22.7 Å². The van der Waals surface area contributed by atoms with Gasteiger partial charge in [0.05, 0.1) is 0 Å². The molecular formula is C52H30S2. The molecule has 250 valence electrons. The van der Waals surface area contributed by atoms with Gasteiger partial charge in [0.2, 0.25) is 0 Å². The topological polar surface area (TPSA) is 0 Å². The number of thiophene rings is 2. The van der Waals surface area contributed by atoms with Crippen molar-refractivity contribution in [2.24, 2.45) is 0 Å². The Morgan fingerprint density at radius 2 is 0.852 bits per heavy atom. The van der Waals surface area contributed by atoms with Crippen LogP contribution in [0.2, 0.25) is 0 Å². The molecule has 0 saturated carbocycles. The lowest BCUT2D eigenvalue weighted by Gasteiger charge is -2.19. The fraction of sp³-hybridized carbons (Fsp3) is 0. The minimum absolute atomic E-state index is 1.23. The predicted octanol–water partition coefficient (Wildman–Crippen LogP) is 16.0. The summed E-state index contributed by atoms with van der Waals surface area (Å²) in [7, 11) is 0. The Balaban J connectivity index is 1.06. The molecule has 54 heavy (non-hydrogen) atoms. The van der Waals surface area contributed by atoms with E-state index in [4.69, 9.17) is 0 Å². The van der Waals surface area contributed by atoms with E-state index in [1.54, 1.807) is 0 Å². The number of rotatable bonds is 3. The highest BCUT2D eigenvalue weighted by Crippen LogP contribution is 2.47. The summed E-state index contributed by atoms with van der Waals surface area (Å²) in [6, 6.07) is 67.9. The third-order valence-corrected chi connectivity index (χ3v) is 13.7. The highest BCUT2D eigenvalue weighted by atomic mass is 32.1. The first-order chi connectivity index (χ1) is 26.8. The summed E-state index contributed by atoms with van der Waals surface area (Å²) < 4.78 is 5.37. The van der Waals surface area contributed by atoms with Crippen molar-refractivity contribution in [3.05, 3.63) is 182 Å². The second kappa shape index (κ2) is 11.6. The van der Waals surface area contributed by atoms with Crippen LogP contribution in [0.3, 0.4) is 0 Å². The molecule has 0 radical (unpaired) electrons. The standard InChI is InChI=1S/C52H30S2/c1-2-15-36-31(11-1)12-10-21-38(36)51-41-19-5-3-17-39(41)50(40-18-4-6-20-42(40)51)35-14-9-13-32(27-35)33-23-25-47-45(28-33)52-43-30-49-44(29-34(43)24-26-48(52)53-47)37-16-7-8-22-46(37)54-49/h1-30H. The van der Waals surface area contributed by atoms with Gasteiger partial charge in [-0.3, -0.25) is 0 Å². The van der Waals surface area contributed by atoms with Crippen LogP contribution in [-0.4, -0.2) is 0 Å². The summed E-state index contributed by atoms with van der Waals surface area (Å²) in [6.07, 6.45) is 0. The zero-order valence-corrected chi connectivity index (χ0v) is 30.8. The van der Waals surface area contributed by atoms with Crippen molar-refractivity contribution < 1.29 is 0 Å². The van der Waals surface area contributed by atoms with E-state index >= 15 is 0 Å². The number of benzene rings is 10. The van der Waals surface area contributed by atoms with Gasteiger partial charge in [0, 0.05) is 40.3 Å². The van der Waals surface area contributed by atoms with E-state index in [1.807, 2.05) is 22.7 Å². The Morgan fingerprint density at radius 1 is 0.259 bits per heavy atom. The van der Waals surface area contributed by atoms with Gasteiger partial charge in [0.15, 0.2) is 0 Å². The minimum Gasteiger partial charge on any atom is -0.135 e. The second-order valence-electron chi connectivity index (χ2n) is 14.4. The van der Waals surface area contributed by atoms with Crippen LogP contribution in [0.15, 0.2) is 182 Å². The van der Waals surface area contributed by atoms with Crippen molar-refractivity contribution in [1.29, 1.82) is 0 Å². The molecule has 10 aromatic carbocycles. The number of hydrogen-bond acceptors (Lipinski definition) is 2. The van der Waals surface area contributed by atoms with Crippen molar-refractivity contribution in [1.82, 2.24) is 0 Å². The third kappa shape index (κ3) is 4.42. The molecule has 0 amide bonds. The molecule has 0 atom stereocenters. The fourth-order valence-electron chi connectivity index (χ4n) is 9.03. The average Bonchev–Trinajstić information content (AvgIpc) is 3.79. The Morgan fingerprint density at radius 3 is 1.67 bits per heavy atom. The van der Waals surface area contributed by atoms with Crippen molar-refractivity contribution in [2.75, 3.05) is 0 Å². The van der Waals surface area contributed by atoms with Crippen LogP contribution < -0.4 is 0 Å². The van der Waals surface area contributed by atoms with Gasteiger partial charge in [0.25, 0.3) is 0 Å². The maximum atomic E-state index is 2.44. The monoisotopic (exact) mass is 718 g/mol. The zero-order chi connectivity index (χ0) is 35.3. The molecule has 0 bridgehead atoms. The van der Waals surface area contributed by atoms with Crippen LogP contribution in [0.1, 0.15) is 0 Å². The van der Waals surface area contributed by atoms with Crippen molar-refractivity contribution in [3.63, 3.8) is 0 Å². The highest BCUT2D eigenvalue weighted by Gasteiger charge is 2.19. The van der Waals surface area contributed by atoms with Gasteiger partial charge >= 0.3 is 0 Å². The molecular weight excluding hydrogens is 689 g/mol. The van der Waals surface area contributed by atoms with E-state index in [0.717, 1.165) is 0 Å². The van der Waals surface area contributed by atoms with E-state index < -0.39 is 0 Å². The van der Waals surface area contributed by atoms with E-state index in [2.05, 4.69) is 182 Å². The average molecular weight is 719 g/mol. The Bertz CT molecular complexity index is 3440. The fourth-order valence-corrected chi connectivity index (χ4v) is 11.3. The van der Waals surface area contributed by atoms with Crippen LogP contribution in [0.5, 0.6) is 0 Å². The van der Waals surface area contributed by atoms with Gasteiger partial charge in [-0.2, -0.15) is 0 Å².